The van der Waals surface area contributed by atoms with Crippen LogP contribution in [0.1, 0.15) is 53.9 Å². The van der Waals surface area contributed by atoms with Crippen LogP contribution in [0.15, 0.2) is 48.0 Å². The Morgan fingerprint density at radius 2 is 1.97 bits per heavy atom. The Balaban J connectivity index is 0.000000205. The molecule has 33 heavy (non-hydrogen) atoms. The number of hydrogen-bond donors (Lipinski definition) is 1. The molecule has 0 amide bonds. The number of halogens is 1. The minimum Gasteiger partial charge on any atom is -0.477 e. The second kappa shape index (κ2) is 11.2. The summed E-state index contributed by atoms with van der Waals surface area (Å²) in [6, 6.07) is 14.5. The molecule has 0 saturated carbocycles. The van der Waals surface area contributed by atoms with Crippen molar-refractivity contribution >= 4 is 11.9 Å². The first kappa shape index (κ1) is 23.9. The van der Waals surface area contributed by atoms with Crippen molar-refractivity contribution in [1.82, 2.24) is 9.97 Å². The minimum absolute atomic E-state index is 0.228. The molecule has 3 aromatic rings. The number of ether oxygens (including phenoxy) is 1. The van der Waals surface area contributed by atoms with Gasteiger partial charge < -0.3 is 10.1 Å². The van der Waals surface area contributed by atoms with E-state index in [1.807, 2.05) is 58.0 Å². The molecule has 1 aliphatic heterocycles. The van der Waals surface area contributed by atoms with Crippen LogP contribution in [0.2, 0.25) is 0 Å². The van der Waals surface area contributed by atoms with Gasteiger partial charge in [-0.3, -0.25) is 0 Å². The number of nitrogens with one attached hydrogen (secondary N) is 1. The lowest BCUT2D eigenvalue weighted by atomic mass is 10.0. The molecule has 1 aliphatic rings. The van der Waals surface area contributed by atoms with E-state index in [1.165, 1.54) is 17.7 Å². The zero-order valence-electron chi connectivity index (χ0n) is 19.6. The number of hydrogen-bond acceptors (Lipinski definition) is 5. The van der Waals surface area contributed by atoms with E-state index in [4.69, 9.17) is 10.00 Å². The van der Waals surface area contributed by atoms with Gasteiger partial charge in [0.2, 0.25) is 5.88 Å². The van der Waals surface area contributed by atoms with E-state index in [9.17, 15) is 4.39 Å². The van der Waals surface area contributed by atoms with E-state index < -0.39 is 0 Å². The highest BCUT2D eigenvalue weighted by atomic mass is 19.1. The van der Waals surface area contributed by atoms with Crippen molar-refractivity contribution in [3.63, 3.8) is 0 Å². The number of fused-ring (bicyclic) bond motifs is 1. The lowest BCUT2D eigenvalue weighted by Gasteiger charge is -2.19. The highest BCUT2D eigenvalue weighted by molar-refractivity contribution is 5.62. The van der Waals surface area contributed by atoms with Crippen molar-refractivity contribution in [2.75, 3.05) is 11.9 Å². The summed E-state index contributed by atoms with van der Waals surface area (Å²) in [5.41, 5.74) is 6.06. The van der Waals surface area contributed by atoms with Gasteiger partial charge in [-0.1, -0.05) is 35.9 Å². The zero-order chi connectivity index (χ0) is 23.8. The SMILES string of the molecule is CC(C)=Cc1c(C)cccc1C#N.Cc1nc(NCc2cccc(F)c2)c2c(n1)OCCC2. The molecule has 2 heterocycles. The average molecular weight is 445 g/mol. The van der Waals surface area contributed by atoms with Gasteiger partial charge in [0, 0.05) is 6.54 Å². The van der Waals surface area contributed by atoms with Crippen molar-refractivity contribution in [1.29, 1.82) is 5.26 Å². The summed E-state index contributed by atoms with van der Waals surface area (Å²) < 4.78 is 18.7. The molecule has 0 bridgehead atoms. The predicted octanol–water partition coefficient (Wildman–Crippen LogP) is 6.15. The highest BCUT2D eigenvalue weighted by Crippen LogP contribution is 2.28. The minimum atomic E-state index is -0.228. The second-order valence-electron chi connectivity index (χ2n) is 8.21. The summed E-state index contributed by atoms with van der Waals surface area (Å²) in [7, 11) is 0. The van der Waals surface area contributed by atoms with Gasteiger partial charge in [0.1, 0.15) is 17.5 Å². The van der Waals surface area contributed by atoms with Crippen LogP contribution in [0, 0.1) is 31.0 Å². The average Bonchev–Trinajstić information content (AvgIpc) is 2.79. The van der Waals surface area contributed by atoms with E-state index >= 15 is 0 Å². The van der Waals surface area contributed by atoms with Crippen LogP contribution in [0.4, 0.5) is 10.2 Å². The van der Waals surface area contributed by atoms with Crippen molar-refractivity contribution in [2.24, 2.45) is 0 Å². The Morgan fingerprint density at radius 1 is 1.18 bits per heavy atom. The Hall–Kier alpha value is -3.72. The van der Waals surface area contributed by atoms with Crippen LogP contribution in [-0.2, 0) is 13.0 Å². The molecule has 1 N–H and O–H groups in total. The summed E-state index contributed by atoms with van der Waals surface area (Å²) >= 11 is 0. The molecule has 0 radical (unpaired) electrons. The summed E-state index contributed by atoms with van der Waals surface area (Å²) in [6.45, 7) is 9.16. The third kappa shape index (κ3) is 6.63. The van der Waals surface area contributed by atoms with Gasteiger partial charge in [-0.05, 0) is 75.4 Å². The van der Waals surface area contributed by atoms with E-state index in [0.717, 1.165) is 46.5 Å². The lowest BCUT2D eigenvalue weighted by Crippen LogP contribution is -2.15. The Labute approximate surface area is 195 Å². The smallest absolute Gasteiger partial charge is 0.222 e. The molecule has 2 aromatic carbocycles. The van der Waals surface area contributed by atoms with Crippen LogP contribution in [0.25, 0.3) is 6.08 Å². The molecule has 0 atom stereocenters. The Morgan fingerprint density at radius 3 is 2.70 bits per heavy atom. The van der Waals surface area contributed by atoms with Gasteiger partial charge in [0.05, 0.1) is 23.8 Å². The molecule has 0 aliphatic carbocycles. The van der Waals surface area contributed by atoms with Gasteiger partial charge in [-0.25, -0.2) is 9.37 Å². The fraction of sp³-hybridized carbons (Fsp3) is 0.296. The van der Waals surface area contributed by atoms with Crippen molar-refractivity contribution in [3.8, 4) is 11.9 Å². The zero-order valence-corrected chi connectivity index (χ0v) is 19.6. The monoisotopic (exact) mass is 444 g/mol. The quantitative estimate of drug-likeness (QED) is 0.522. The van der Waals surface area contributed by atoms with Gasteiger partial charge in [0.25, 0.3) is 0 Å². The standard InChI is InChI=1S/C15H16FN3O.C12H13N/c1-10-18-14(13-6-3-7-20-15(13)19-10)17-9-11-4-2-5-12(16)8-11;1-9(2)7-12-10(3)5-4-6-11(12)8-13/h2,4-5,8H,3,6-7,9H2,1H3,(H,17,18,19);4-7H,1-3H3. The molecule has 0 fully saturated rings. The Bertz CT molecular complexity index is 1190. The van der Waals surface area contributed by atoms with Gasteiger partial charge >= 0.3 is 0 Å². The molecule has 5 nitrogen and oxygen atoms in total. The number of benzene rings is 2. The number of nitriles is 1. The largest absolute Gasteiger partial charge is 0.477 e. The van der Waals surface area contributed by atoms with E-state index in [0.29, 0.717) is 24.9 Å². The lowest BCUT2D eigenvalue weighted by molar-refractivity contribution is 0.275. The number of aromatic nitrogens is 2. The molecule has 6 heteroatoms. The first-order valence-corrected chi connectivity index (χ1v) is 11.0. The number of nitrogens with zero attached hydrogens (tertiary/aromatic N) is 3. The number of allylic oxidation sites excluding steroid dienone is 1. The van der Waals surface area contributed by atoms with E-state index in [1.54, 1.807) is 6.07 Å². The predicted molar refractivity (Wildman–Crippen MR) is 130 cm³/mol. The van der Waals surface area contributed by atoms with E-state index in [-0.39, 0.29) is 5.82 Å². The first-order chi connectivity index (χ1) is 15.9. The normalized spacial score (nSPS) is 11.8. The van der Waals surface area contributed by atoms with Crippen LogP contribution in [-0.4, -0.2) is 16.6 Å². The molecule has 0 saturated heterocycles. The second-order valence-corrected chi connectivity index (χ2v) is 8.21. The maximum Gasteiger partial charge on any atom is 0.222 e. The van der Waals surface area contributed by atoms with Gasteiger partial charge in [-0.15, -0.1) is 0 Å². The summed E-state index contributed by atoms with van der Waals surface area (Å²) in [5.74, 6) is 1.91. The first-order valence-electron chi connectivity index (χ1n) is 11.0. The number of anilines is 1. The molecular formula is C27H29FN4O. The summed E-state index contributed by atoms with van der Waals surface area (Å²) in [5, 5.41) is 12.1. The Kier molecular flexibility index (Phi) is 8.15. The van der Waals surface area contributed by atoms with Crippen LogP contribution >= 0.6 is 0 Å². The molecule has 1 aromatic heterocycles. The summed E-state index contributed by atoms with van der Waals surface area (Å²) in [6.07, 6.45) is 3.92. The van der Waals surface area contributed by atoms with Crippen LogP contribution < -0.4 is 10.1 Å². The maximum atomic E-state index is 13.2. The van der Waals surface area contributed by atoms with E-state index in [2.05, 4.69) is 21.4 Å². The van der Waals surface area contributed by atoms with Gasteiger partial charge in [-0.2, -0.15) is 10.2 Å². The van der Waals surface area contributed by atoms with Crippen LogP contribution in [0.5, 0.6) is 5.88 Å². The molecule has 0 unspecified atom stereocenters. The van der Waals surface area contributed by atoms with Crippen molar-refractivity contribution < 1.29 is 9.13 Å². The molecular weight excluding hydrogens is 415 g/mol. The highest BCUT2D eigenvalue weighted by Gasteiger charge is 2.18. The number of rotatable bonds is 4. The molecule has 170 valence electrons. The van der Waals surface area contributed by atoms with Gasteiger partial charge in [0.15, 0.2) is 0 Å². The topological polar surface area (TPSA) is 70.8 Å². The van der Waals surface area contributed by atoms with Crippen LogP contribution in [0.3, 0.4) is 0 Å². The number of aryl methyl sites for hydroxylation is 2. The molecule has 0 spiro atoms. The van der Waals surface area contributed by atoms with Crippen molar-refractivity contribution in [2.45, 2.75) is 47.1 Å². The van der Waals surface area contributed by atoms with Crippen molar-refractivity contribution in [3.05, 3.63) is 87.5 Å². The third-order valence-corrected chi connectivity index (χ3v) is 5.12. The fourth-order valence-corrected chi connectivity index (χ4v) is 3.57. The maximum absolute atomic E-state index is 13.2. The third-order valence-electron chi connectivity index (χ3n) is 5.12. The molecule has 4 rings (SSSR count). The fourth-order valence-electron chi connectivity index (χ4n) is 3.57. The summed E-state index contributed by atoms with van der Waals surface area (Å²) in [4.78, 5) is 8.74.